The van der Waals surface area contributed by atoms with Gasteiger partial charge in [0.15, 0.2) is 11.5 Å². The lowest BCUT2D eigenvalue weighted by Gasteiger charge is -2.15. The molecule has 0 radical (unpaired) electrons. The van der Waals surface area contributed by atoms with Crippen LogP contribution in [0.5, 0.6) is 0 Å². The maximum Gasteiger partial charge on any atom is 0.407 e. The van der Waals surface area contributed by atoms with Crippen LogP contribution in [0.2, 0.25) is 0 Å². The Labute approximate surface area is 203 Å². The van der Waals surface area contributed by atoms with Crippen molar-refractivity contribution in [2.75, 3.05) is 31.0 Å². The predicted octanol–water partition coefficient (Wildman–Crippen LogP) is 2.34. The summed E-state index contributed by atoms with van der Waals surface area (Å²) in [6, 6.07) is 9.95. The summed E-state index contributed by atoms with van der Waals surface area (Å²) < 4.78 is 25.3. The Balaban J connectivity index is 0.000000795. The SMILES string of the molecule is CN(Cc1c(N)nc(-c2nn(Cc3ccccc3F)c3ncccc23)nc1N)C(=O)O.CS(C)=O. The van der Waals surface area contributed by atoms with Gasteiger partial charge in [-0.3, -0.25) is 4.21 Å². The minimum atomic E-state index is -1.13. The fourth-order valence-electron chi connectivity index (χ4n) is 3.16. The van der Waals surface area contributed by atoms with Gasteiger partial charge in [0, 0.05) is 42.1 Å². The number of halogens is 1. The van der Waals surface area contributed by atoms with Gasteiger partial charge in [-0.05, 0) is 18.2 Å². The standard InChI is InChI=1S/C20H19FN8O2.C2H6OS/c1-28(20(30)31)10-13-16(22)25-18(26-17(13)23)15-12-6-4-8-24-19(12)29(27-15)9-11-5-2-3-7-14(11)21;1-4(2)3/h2-8H,9-10H2,1H3,(H,30,31)(H4,22,23,25,26);1-2H3. The van der Waals surface area contributed by atoms with Crippen LogP contribution in [0.3, 0.4) is 0 Å². The number of amides is 1. The van der Waals surface area contributed by atoms with Crippen molar-refractivity contribution in [3.05, 3.63) is 59.5 Å². The Morgan fingerprint density at radius 2 is 1.77 bits per heavy atom. The first-order chi connectivity index (χ1) is 16.6. The average molecular weight is 501 g/mol. The van der Waals surface area contributed by atoms with Gasteiger partial charge < -0.3 is 21.5 Å². The van der Waals surface area contributed by atoms with Crippen molar-refractivity contribution in [3.63, 3.8) is 0 Å². The van der Waals surface area contributed by atoms with Crippen molar-refractivity contribution in [2.24, 2.45) is 0 Å². The number of carbonyl (C=O) groups is 1. The van der Waals surface area contributed by atoms with Crippen LogP contribution < -0.4 is 11.5 Å². The largest absolute Gasteiger partial charge is 0.465 e. The molecule has 4 rings (SSSR count). The Morgan fingerprint density at radius 1 is 1.14 bits per heavy atom. The molecule has 3 aromatic heterocycles. The molecule has 0 saturated heterocycles. The van der Waals surface area contributed by atoms with E-state index in [-0.39, 0.29) is 36.4 Å². The third-order valence-corrected chi connectivity index (χ3v) is 4.79. The number of fused-ring (bicyclic) bond motifs is 1. The van der Waals surface area contributed by atoms with E-state index in [0.717, 1.165) is 4.90 Å². The minimum Gasteiger partial charge on any atom is -0.465 e. The number of aromatic nitrogens is 5. The zero-order chi connectivity index (χ0) is 25.7. The van der Waals surface area contributed by atoms with Crippen molar-refractivity contribution in [1.82, 2.24) is 29.6 Å². The van der Waals surface area contributed by atoms with E-state index < -0.39 is 16.9 Å². The highest BCUT2D eigenvalue weighted by Gasteiger charge is 2.20. The molecular formula is C22H25FN8O3S. The molecule has 4 aromatic rings. The molecule has 0 aliphatic heterocycles. The quantitative estimate of drug-likeness (QED) is 0.373. The molecule has 0 saturated carbocycles. The number of nitrogens with zero attached hydrogens (tertiary/aromatic N) is 6. The highest BCUT2D eigenvalue weighted by molar-refractivity contribution is 7.83. The normalized spacial score (nSPS) is 10.8. The maximum atomic E-state index is 14.2. The second-order valence-electron chi connectivity index (χ2n) is 7.65. The van der Waals surface area contributed by atoms with Crippen molar-refractivity contribution in [1.29, 1.82) is 0 Å². The number of benzene rings is 1. The topological polar surface area (TPSA) is 166 Å². The highest BCUT2D eigenvalue weighted by atomic mass is 32.2. The molecule has 13 heteroatoms. The monoisotopic (exact) mass is 500 g/mol. The number of carboxylic acid groups (broad SMARTS) is 1. The summed E-state index contributed by atoms with van der Waals surface area (Å²) in [5.41, 5.74) is 13.8. The van der Waals surface area contributed by atoms with Crippen LogP contribution in [0.15, 0.2) is 42.6 Å². The lowest BCUT2D eigenvalue weighted by atomic mass is 10.2. The number of pyridine rings is 1. The summed E-state index contributed by atoms with van der Waals surface area (Å²) in [6.07, 6.45) is 3.76. The highest BCUT2D eigenvalue weighted by Crippen LogP contribution is 2.28. The zero-order valence-electron chi connectivity index (χ0n) is 19.3. The summed E-state index contributed by atoms with van der Waals surface area (Å²) >= 11 is 0. The fourth-order valence-corrected chi connectivity index (χ4v) is 3.16. The molecular weight excluding hydrogens is 475 g/mol. The third kappa shape index (κ3) is 6.06. The van der Waals surface area contributed by atoms with E-state index in [2.05, 4.69) is 20.1 Å². The van der Waals surface area contributed by atoms with Gasteiger partial charge in [-0.1, -0.05) is 18.2 Å². The molecule has 5 N–H and O–H groups in total. The molecule has 0 aliphatic carbocycles. The number of nitrogens with two attached hydrogens (primary N) is 2. The van der Waals surface area contributed by atoms with Crippen LogP contribution in [0.25, 0.3) is 22.6 Å². The van der Waals surface area contributed by atoms with E-state index in [0.29, 0.717) is 27.9 Å². The molecule has 0 aliphatic rings. The van der Waals surface area contributed by atoms with Gasteiger partial charge in [0.1, 0.15) is 23.1 Å². The van der Waals surface area contributed by atoms with E-state index in [1.54, 1.807) is 53.7 Å². The van der Waals surface area contributed by atoms with Gasteiger partial charge in [0.25, 0.3) is 0 Å². The van der Waals surface area contributed by atoms with Crippen LogP contribution >= 0.6 is 0 Å². The lowest BCUT2D eigenvalue weighted by Crippen LogP contribution is -2.25. The van der Waals surface area contributed by atoms with Gasteiger partial charge in [-0.2, -0.15) is 5.10 Å². The second kappa shape index (κ2) is 10.9. The molecule has 1 amide bonds. The number of rotatable bonds is 5. The van der Waals surface area contributed by atoms with Crippen LogP contribution in [0.1, 0.15) is 11.1 Å². The summed E-state index contributed by atoms with van der Waals surface area (Å²) in [5.74, 6) is -0.0742. The summed E-state index contributed by atoms with van der Waals surface area (Å²) in [5, 5.41) is 14.3. The first kappa shape index (κ1) is 25.5. The molecule has 35 heavy (non-hydrogen) atoms. The number of anilines is 2. The van der Waals surface area contributed by atoms with Crippen molar-refractivity contribution >= 4 is 39.6 Å². The molecule has 1 aromatic carbocycles. The molecule has 0 unspecified atom stereocenters. The first-order valence-corrected chi connectivity index (χ1v) is 12.2. The Morgan fingerprint density at radius 3 is 2.37 bits per heavy atom. The van der Waals surface area contributed by atoms with Crippen LogP contribution in [0, 0.1) is 5.82 Å². The molecule has 0 bridgehead atoms. The van der Waals surface area contributed by atoms with Gasteiger partial charge >= 0.3 is 6.09 Å². The third-order valence-electron chi connectivity index (χ3n) is 4.79. The zero-order valence-corrected chi connectivity index (χ0v) is 20.2. The number of nitrogen functional groups attached to an aromatic ring is 2. The van der Waals surface area contributed by atoms with Gasteiger partial charge in [0.2, 0.25) is 0 Å². The van der Waals surface area contributed by atoms with Crippen molar-refractivity contribution < 1.29 is 18.5 Å². The minimum absolute atomic E-state index is 0.0521. The Kier molecular flexibility index (Phi) is 7.91. The fraction of sp³-hybridized carbons (Fsp3) is 0.227. The van der Waals surface area contributed by atoms with E-state index in [1.165, 1.54) is 13.1 Å². The molecule has 0 spiro atoms. The summed E-state index contributed by atoms with van der Waals surface area (Å²) in [7, 11) is 0.776. The predicted molar refractivity (Wildman–Crippen MR) is 132 cm³/mol. The lowest BCUT2D eigenvalue weighted by molar-refractivity contribution is 0.154. The number of hydrogen-bond donors (Lipinski definition) is 3. The molecule has 0 fully saturated rings. The Bertz CT molecular complexity index is 1370. The molecule has 11 nitrogen and oxygen atoms in total. The van der Waals surface area contributed by atoms with E-state index in [1.807, 2.05) is 0 Å². The molecule has 3 heterocycles. The smallest absolute Gasteiger partial charge is 0.407 e. The van der Waals surface area contributed by atoms with Crippen LogP contribution in [0.4, 0.5) is 20.8 Å². The first-order valence-electron chi connectivity index (χ1n) is 10.2. The summed E-state index contributed by atoms with van der Waals surface area (Å²) in [6.45, 7) is 0.101. The second-order valence-corrected chi connectivity index (χ2v) is 9.13. The molecule has 0 atom stereocenters. The van der Waals surface area contributed by atoms with Gasteiger partial charge in [-0.15, -0.1) is 0 Å². The summed E-state index contributed by atoms with van der Waals surface area (Å²) in [4.78, 5) is 25.1. The van der Waals surface area contributed by atoms with Gasteiger partial charge in [-0.25, -0.2) is 28.8 Å². The van der Waals surface area contributed by atoms with E-state index >= 15 is 0 Å². The van der Waals surface area contributed by atoms with E-state index in [9.17, 15) is 13.4 Å². The maximum absolute atomic E-state index is 14.2. The number of hydrogen-bond acceptors (Lipinski definition) is 8. The van der Waals surface area contributed by atoms with Gasteiger partial charge in [0.05, 0.1) is 24.0 Å². The van der Waals surface area contributed by atoms with E-state index in [4.69, 9.17) is 16.6 Å². The van der Waals surface area contributed by atoms with Crippen molar-refractivity contribution in [3.8, 4) is 11.5 Å². The Hall–Kier alpha value is -4.13. The average Bonchev–Trinajstić information content (AvgIpc) is 3.15. The van der Waals surface area contributed by atoms with Crippen LogP contribution in [-0.2, 0) is 23.9 Å². The molecule has 184 valence electrons. The van der Waals surface area contributed by atoms with Crippen LogP contribution in [-0.4, -0.2) is 64.6 Å². The van der Waals surface area contributed by atoms with Crippen molar-refractivity contribution in [2.45, 2.75) is 13.1 Å².